The molecule has 2 aliphatic carbocycles. The fourth-order valence-corrected chi connectivity index (χ4v) is 2.70. The predicted octanol–water partition coefficient (Wildman–Crippen LogP) is 3.23. The highest BCUT2D eigenvalue weighted by Gasteiger charge is 2.19. The first-order chi connectivity index (χ1) is 9.38. The van der Waals surface area contributed by atoms with Crippen LogP contribution in [0.3, 0.4) is 0 Å². The van der Waals surface area contributed by atoms with Crippen LogP contribution in [0.25, 0.3) is 0 Å². The summed E-state index contributed by atoms with van der Waals surface area (Å²) in [5, 5.41) is 6.83. The number of nitrogens with zero attached hydrogens (tertiary/aromatic N) is 1. The van der Waals surface area contributed by atoms with Crippen molar-refractivity contribution in [3.63, 3.8) is 0 Å². The van der Waals surface area contributed by atoms with Crippen molar-refractivity contribution in [2.75, 3.05) is 20.1 Å². The van der Waals surface area contributed by atoms with Crippen molar-refractivity contribution in [2.24, 2.45) is 10.9 Å². The molecule has 0 saturated heterocycles. The number of rotatable bonds is 7. The van der Waals surface area contributed by atoms with Crippen LogP contribution in [0.15, 0.2) is 16.6 Å². The van der Waals surface area contributed by atoms with Crippen molar-refractivity contribution in [2.45, 2.75) is 57.8 Å². The molecule has 0 aromatic carbocycles. The Morgan fingerprint density at radius 3 is 2.79 bits per heavy atom. The van der Waals surface area contributed by atoms with Gasteiger partial charge in [-0.25, -0.2) is 0 Å². The Balaban J connectivity index is 1.52. The topological polar surface area (TPSA) is 36.4 Å². The Hall–Kier alpha value is -0.990. The second-order valence-electron chi connectivity index (χ2n) is 5.87. The Bertz CT molecular complexity index is 316. The van der Waals surface area contributed by atoms with Crippen LogP contribution in [0.2, 0.25) is 0 Å². The third-order valence-electron chi connectivity index (χ3n) is 4.13. The Morgan fingerprint density at radius 1 is 1.26 bits per heavy atom. The summed E-state index contributed by atoms with van der Waals surface area (Å²) in [5.41, 5.74) is 1.63. The van der Waals surface area contributed by atoms with Gasteiger partial charge >= 0.3 is 0 Å². The largest absolute Gasteiger partial charge is 0.356 e. The van der Waals surface area contributed by atoms with E-state index in [-0.39, 0.29) is 0 Å². The lowest BCUT2D eigenvalue weighted by molar-refractivity contribution is 0.640. The van der Waals surface area contributed by atoms with Gasteiger partial charge in [-0.3, -0.25) is 4.99 Å². The lowest BCUT2D eigenvalue weighted by Crippen LogP contribution is -2.38. The van der Waals surface area contributed by atoms with Gasteiger partial charge in [0, 0.05) is 20.1 Å². The molecule has 2 N–H and O–H groups in total. The van der Waals surface area contributed by atoms with Gasteiger partial charge < -0.3 is 10.6 Å². The van der Waals surface area contributed by atoms with Crippen LogP contribution < -0.4 is 10.6 Å². The standard InChI is InChI=1S/C16H29N3/c1-17-16(18-12-5-8-15-9-10-15)19-13-11-14-6-3-2-4-7-14/h6,15H,2-5,7-13H2,1H3,(H2,17,18,19). The zero-order valence-corrected chi connectivity index (χ0v) is 12.4. The molecule has 3 nitrogen and oxygen atoms in total. The van der Waals surface area contributed by atoms with Gasteiger partial charge in [0.05, 0.1) is 0 Å². The van der Waals surface area contributed by atoms with Gasteiger partial charge in [0.15, 0.2) is 5.96 Å². The highest BCUT2D eigenvalue weighted by molar-refractivity contribution is 5.79. The number of hydrogen-bond acceptors (Lipinski definition) is 1. The number of guanidine groups is 1. The van der Waals surface area contributed by atoms with Crippen LogP contribution in [0, 0.1) is 5.92 Å². The molecule has 1 fully saturated rings. The summed E-state index contributed by atoms with van der Waals surface area (Å²) < 4.78 is 0. The van der Waals surface area contributed by atoms with E-state index in [2.05, 4.69) is 21.7 Å². The van der Waals surface area contributed by atoms with Gasteiger partial charge in [-0.05, 0) is 50.9 Å². The minimum Gasteiger partial charge on any atom is -0.356 e. The zero-order chi connectivity index (χ0) is 13.3. The summed E-state index contributed by atoms with van der Waals surface area (Å²) in [4.78, 5) is 4.28. The summed E-state index contributed by atoms with van der Waals surface area (Å²) >= 11 is 0. The Morgan fingerprint density at radius 2 is 2.11 bits per heavy atom. The summed E-state index contributed by atoms with van der Waals surface area (Å²) in [6, 6.07) is 0. The first-order valence-electron chi connectivity index (χ1n) is 8.01. The highest BCUT2D eigenvalue weighted by Crippen LogP contribution is 2.33. The molecule has 0 heterocycles. The number of nitrogens with one attached hydrogen (secondary N) is 2. The Labute approximate surface area is 118 Å². The molecule has 19 heavy (non-hydrogen) atoms. The maximum Gasteiger partial charge on any atom is 0.190 e. The first-order valence-corrected chi connectivity index (χ1v) is 8.01. The third kappa shape index (κ3) is 6.13. The fourth-order valence-electron chi connectivity index (χ4n) is 2.70. The molecule has 2 aliphatic rings. The summed E-state index contributed by atoms with van der Waals surface area (Å²) in [6.45, 7) is 2.06. The minimum absolute atomic E-state index is 0.965. The average Bonchev–Trinajstić information content (AvgIpc) is 3.27. The van der Waals surface area contributed by atoms with Crippen LogP contribution in [-0.2, 0) is 0 Å². The van der Waals surface area contributed by atoms with Gasteiger partial charge in [-0.1, -0.05) is 24.5 Å². The van der Waals surface area contributed by atoms with E-state index in [0.717, 1.165) is 25.0 Å². The molecular formula is C16H29N3. The molecular weight excluding hydrogens is 234 g/mol. The number of allylic oxidation sites excluding steroid dienone is 1. The van der Waals surface area contributed by atoms with Gasteiger partial charge in [0.2, 0.25) is 0 Å². The van der Waals surface area contributed by atoms with Crippen molar-refractivity contribution >= 4 is 5.96 Å². The SMILES string of the molecule is CN=C(NCCCC1CC1)NCCC1=CCCCC1. The van der Waals surface area contributed by atoms with Gasteiger partial charge in [0.1, 0.15) is 0 Å². The van der Waals surface area contributed by atoms with E-state index in [0.29, 0.717) is 0 Å². The van der Waals surface area contributed by atoms with Crippen LogP contribution in [0.1, 0.15) is 57.8 Å². The molecule has 0 spiro atoms. The molecule has 2 rings (SSSR count). The van der Waals surface area contributed by atoms with Crippen molar-refractivity contribution in [3.8, 4) is 0 Å². The van der Waals surface area contributed by atoms with Gasteiger partial charge in [-0.2, -0.15) is 0 Å². The zero-order valence-electron chi connectivity index (χ0n) is 12.4. The normalized spacial score (nSPS) is 20.1. The summed E-state index contributed by atoms with van der Waals surface area (Å²) in [7, 11) is 1.86. The van der Waals surface area contributed by atoms with E-state index in [9.17, 15) is 0 Å². The first kappa shape index (κ1) is 14.4. The van der Waals surface area contributed by atoms with Gasteiger partial charge in [-0.15, -0.1) is 0 Å². The van der Waals surface area contributed by atoms with Crippen LogP contribution in [0.5, 0.6) is 0 Å². The molecule has 0 amide bonds. The van der Waals surface area contributed by atoms with Crippen molar-refractivity contribution < 1.29 is 0 Å². The molecule has 0 aromatic rings. The van der Waals surface area contributed by atoms with Crippen molar-refractivity contribution in [1.29, 1.82) is 0 Å². The maximum absolute atomic E-state index is 4.28. The summed E-state index contributed by atoms with van der Waals surface area (Å²) in [5.74, 6) is 2.00. The third-order valence-corrected chi connectivity index (χ3v) is 4.13. The van der Waals surface area contributed by atoms with Crippen LogP contribution in [0.4, 0.5) is 0 Å². The second-order valence-corrected chi connectivity index (χ2v) is 5.87. The number of aliphatic imine (C=N–C) groups is 1. The van der Waals surface area contributed by atoms with Crippen molar-refractivity contribution in [3.05, 3.63) is 11.6 Å². The van der Waals surface area contributed by atoms with E-state index < -0.39 is 0 Å². The van der Waals surface area contributed by atoms with E-state index in [4.69, 9.17) is 0 Å². The lowest BCUT2D eigenvalue weighted by atomic mass is 9.97. The summed E-state index contributed by atoms with van der Waals surface area (Å²) in [6.07, 6.45) is 14.5. The molecule has 3 heteroatoms. The molecule has 0 aliphatic heterocycles. The van der Waals surface area contributed by atoms with E-state index in [1.165, 1.54) is 57.8 Å². The molecule has 0 aromatic heterocycles. The smallest absolute Gasteiger partial charge is 0.190 e. The molecule has 1 saturated carbocycles. The molecule has 0 atom stereocenters. The molecule has 108 valence electrons. The molecule has 0 bridgehead atoms. The van der Waals surface area contributed by atoms with Crippen LogP contribution in [-0.4, -0.2) is 26.1 Å². The quantitative estimate of drug-likeness (QED) is 0.320. The van der Waals surface area contributed by atoms with Gasteiger partial charge in [0.25, 0.3) is 0 Å². The van der Waals surface area contributed by atoms with E-state index in [1.54, 1.807) is 5.57 Å². The lowest BCUT2D eigenvalue weighted by Gasteiger charge is -2.15. The maximum atomic E-state index is 4.28. The predicted molar refractivity (Wildman–Crippen MR) is 82.5 cm³/mol. The van der Waals surface area contributed by atoms with E-state index >= 15 is 0 Å². The van der Waals surface area contributed by atoms with Crippen molar-refractivity contribution in [1.82, 2.24) is 10.6 Å². The number of hydrogen-bond donors (Lipinski definition) is 2. The fraction of sp³-hybridized carbons (Fsp3) is 0.812. The Kier molecular flexibility index (Phi) is 6.25. The minimum atomic E-state index is 0.965. The molecule has 0 unspecified atom stereocenters. The monoisotopic (exact) mass is 263 g/mol. The average molecular weight is 263 g/mol. The highest BCUT2D eigenvalue weighted by atomic mass is 15.2. The van der Waals surface area contributed by atoms with Crippen LogP contribution >= 0.6 is 0 Å². The van der Waals surface area contributed by atoms with E-state index in [1.807, 2.05) is 7.05 Å². The molecule has 0 radical (unpaired) electrons. The second kappa shape index (κ2) is 8.23.